The summed E-state index contributed by atoms with van der Waals surface area (Å²) in [6, 6.07) is 2.59. The van der Waals surface area contributed by atoms with Gasteiger partial charge in [-0.15, -0.1) is 0 Å². The fourth-order valence-electron chi connectivity index (χ4n) is 2.07. The lowest BCUT2D eigenvalue weighted by molar-refractivity contribution is 0.354. The second-order valence-electron chi connectivity index (χ2n) is 4.52. The standard InChI is InChI=1S/C11H19N3/c1-4-12-10(11(2)6-7-11)9-5-8-13-14(9)3/h5,8,10,12H,4,6-7H2,1-3H3. The van der Waals surface area contributed by atoms with Gasteiger partial charge in [0.2, 0.25) is 0 Å². The van der Waals surface area contributed by atoms with E-state index in [1.807, 2.05) is 17.9 Å². The molecular formula is C11H19N3. The summed E-state index contributed by atoms with van der Waals surface area (Å²) in [6.45, 7) is 5.54. The summed E-state index contributed by atoms with van der Waals surface area (Å²) < 4.78 is 1.98. The second-order valence-corrected chi connectivity index (χ2v) is 4.52. The Labute approximate surface area is 85.5 Å². The van der Waals surface area contributed by atoms with Gasteiger partial charge in [0.15, 0.2) is 0 Å². The van der Waals surface area contributed by atoms with Crippen molar-refractivity contribution in [2.75, 3.05) is 6.54 Å². The van der Waals surface area contributed by atoms with Crippen molar-refractivity contribution >= 4 is 0 Å². The number of hydrogen-bond donors (Lipinski definition) is 1. The monoisotopic (exact) mass is 193 g/mol. The van der Waals surface area contributed by atoms with Gasteiger partial charge in [-0.2, -0.15) is 5.10 Å². The van der Waals surface area contributed by atoms with Crippen LogP contribution in [0.5, 0.6) is 0 Å². The van der Waals surface area contributed by atoms with E-state index in [0.29, 0.717) is 11.5 Å². The van der Waals surface area contributed by atoms with Crippen molar-refractivity contribution in [3.05, 3.63) is 18.0 Å². The van der Waals surface area contributed by atoms with Gasteiger partial charge in [-0.05, 0) is 30.9 Å². The number of hydrogen-bond acceptors (Lipinski definition) is 2. The van der Waals surface area contributed by atoms with E-state index in [-0.39, 0.29) is 0 Å². The Morgan fingerprint density at radius 1 is 1.64 bits per heavy atom. The van der Waals surface area contributed by atoms with Gasteiger partial charge in [-0.3, -0.25) is 4.68 Å². The molecule has 3 nitrogen and oxygen atoms in total. The van der Waals surface area contributed by atoms with E-state index in [9.17, 15) is 0 Å². The third kappa shape index (κ3) is 1.57. The molecule has 14 heavy (non-hydrogen) atoms. The summed E-state index contributed by atoms with van der Waals surface area (Å²) in [5.74, 6) is 0. The molecule has 1 aliphatic carbocycles. The lowest BCUT2D eigenvalue weighted by atomic mass is 9.96. The van der Waals surface area contributed by atoms with E-state index in [0.717, 1.165) is 6.54 Å². The Bertz CT molecular complexity index is 312. The van der Waals surface area contributed by atoms with Gasteiger partial charge >= 0.3 is 0 Å². The smallest absolute Gasteiger partial charge is 0.0555 e. The molecule has 1 fully saturated rings. The van der Waals surface area contributed by atoms with Crippen LogP contribution in [0, 0.1) is 5.41 Å². The Hall–Kier alpha value is -0.830. The van der Waals surface area contributed by atoms with Crippen molar-refractivity contribution in [3.63, 3.8) is 0 Å². The average Bonchev–Trinajstić information content (AvgIpc) is 2.75. The van der Waals surface area contributed by atoms with Crippen LogP contribution in [0.4, 0.5) is 0 Å². The first-order valence-corrected chi connectivity index (χ1v) is 5.38. The second kappa shape index (κ2) is 3.39. The van der Waals surface area contributed by atoms with E-state index in [1.165, 1.54) is 18.5 Å². The average molecular weight is 193 g/mol. The van der Waals surface area contributed by atoms with Crippen LogP contribution < -0.4 is 5.32 Å². The van der Waals surface area contributed by atoms with Gasteiger partial charge in [0.1, 0.15) is 0 Å². The van der Waals surface area contributed by atoms with Crippen molar-refractivity contribution in [3.8, 4) is 0 Å². The molecule has 1 unspecified atom stereocenters. The van der Waals surface area contributed by atoms with Crippen LogP contribution in [-0.2, 0) is 7.05 Å². The van der Waals surface area contributed by atoms with Crippen LogP contribution in [0.1, 0.15) is 38.4 Å². The number of aromatic nitrogens is 2. The van der Waals surface area contributed by atoms with E-state index >= 15 is 0 Å². The van der Waals surface area contributed by atoms with Gasteiger partial charge < -0.3 is 5.32 Å². The molecule has 1 saturated carbocycles. The summed E-state index contributed by atoms with van der Waals surface area (Å²) in [7, 11) is 2.02. The molecular weight excluding hydrogens is 174 g/mol. The summed E-state index contributed by atoms with van der Waals surface area (Å²) in [6.07, 6.45) is 4.54. The van der Waals surface area contributed by atoms with Crippen LogP contribution in [-0.4, -0.2) is 16.3 Å². The van der Waals surface area contributed by atoms with Crippen molar-refractivity contribution in [2.24, 2.45) is 12.5 Å². The van der Waals surface area contributed by atoms with Crippen molar-refractivity contribution in [1.29, 1.82) is 0 Å². The van der Waals surface area contributed by atoms with Crippen LogP contribution in [0.25, 0.3) is 0 Å². The molecule has 0 aromatic carbocycles. The molecule has 1 heterocycles. The maximum absolute atomic E-state index is 4.24. The zero-order valence-electron chi connectivity index (χ0n) is 9.25. The van der Waals surface area contributed by atoms with Crippen LogP contribution in [0.15, 0.2) is 12.3 Å². The number of aryl methyl sites for hydroxylation is 1. The van der Waals surface area contributed by atoms with Gasteiger partial charge in [0.25, 0.3) is 0 Å². The van der Waals surface area contributed by atoms with Crippen molar-refractivity contribution in [2.45, 2.75) is 32.7 Å². The summed E-state index contributed by atoms with van der Waals surface area (Å²) >= 11 is 0. The zero-order chi connectivity index (χ0) is 10.2. The molecule has 1 atom stereocenters. The molecule has 1 aromatic rings. The highest BCUT2D eigenvalue weighted by atomic mass is 15.3. The lowest BCUT2D eigenvalue weighted by Gasteiger charge is -2.24. The minimum Gasteiger partial charge on any atom is -0.308 e. The highest BCUT2D eigenvalue weighted by molar-refractivity contribution is 5.15. The van der Waals surface area contributed by atoms with Crippen LogP contribution in [0.2, 0.25) is 0 Å². The molecule has 0 bridgehead atoms. The molecule has 1 aliphatic rings. The topological polar surface area (TPSA) is 29.9 Å². The molecule has 3 heteroatoms. The largest absolute Gasteiger partial charge is 0.308 e. The summed E-state index contributed by atoms with van der Waals surface area (Å²) in [4.78, 5) is 0. The molecule has 0 radical (unpaired) electrons. The minimum absolute atomic E-state index is 0.462. The number of rotatable bonds is 4. The Kier molecular flexibility index (Phi) is 2.35. The number of nitrogens with zero attached hydrogens (tertiary/aromatic N) is 2. The van der Waals surface area contributed by atoms with E-state index in [1.54, 1.807) is 0 Å². The molecule has 0 amide bonds. The minimum atomic E-state index is 0.462. The first-order valence-electron chi connectivity index (χ1n) is 5.38. The molecule has 1 aromatic heterocycles. The molecule has 1 N–H and O–H groups in total. The maximum Gasteiger partial charge on any atom is 0.0555 e. The first kappa shape index (κ1) is 9.71. The van der Waals surface area contributed by atoms with Crippen molar-refractivity contribution < 1.29 is 0 Å². The summed E-state index contributed by atoms with van der Waals surface area (Å²) in [5, 5.41) is 7.81. The molecule has 0 spiro atoms. The predicted molar refractivity (Wildman–Crippen MR) is 57.0 cm³/mol. The predicted octanol–water partition coefficient (Wildman–Crippen LogP) is 1.87. The Balaban J connectivity index is 2.23. The molecule has 2 rings (SSSR count). The van der Waals surface area contributed by atoms with E-state index < -0.39 is 0 Å². The van der Waals surface area contributed by atoms with E-state index in [2.05, 4.69) is 30.3 Å². The third-order valence-corrected chi connectivity index (χ3v) is 3.30. The van der Waals surface area contributed by atoms with Crippen molar-refractivity contribution in [1.82, 2.24) is 15.1 Å². The first-order chi connectivity index (χ1) is 6.67. The SMILES string of the molecule is CCNC(c1ccnn1C)C1(C)CC1. The highest BCUT2D eigenvalue weighted by Crippen LogP contribution is 2.54. The molecule has 0 saturated heterocycles. The lowest BCUT2D eigenvalue weighted by Crippen LogP contribution is -2.29. The Morgan fingerprint density at radius 2 is 2.36 bits per heavy atom. The van der Waals surface area contributed by atoms with Crippen LogP contribution >= 0.6 is 0 Å². The van der Waals surface area contributed by atoms with Gasteiger partial charge in [-0.25, -0.2) is 0 Å². The summed E-state index contributed by atoms with van der Waals surface area (Å²) in [5.41, 5.74) is 1.77. The van der Waals surface area contributed by atoms with Gasteiger partial charge in [0.05, 0.1) is 11.7 Å². The Morgan fingerprint density at radius 3 is 2.79 bits per heavy atom. The molecule has 78 valence electrons. The fourth-order valence-corrected chi connectivity index (χ4v) is 2.07. The zero-order valence-corrected chi connectivity index (χ0v) is 9.25. The van der Waals surface area contributed by atoms with E-state index in [4.69, 9.17) is 0 Å². The third-order valence-electron chi connectivity index (χ3n) is 3.30. The number of nitrogens with one attached hydrogen (secondary N) is 1. The van der Waals surface area contributed by atoms with Gasteiger partial charge in [0, 0.05) is 13.2 Å². The fraction of sp³-hybridized carbons (Fsp3) is 0.727. The quantitative estimate of drug-likeness (QED) is 0.791. The highest BCUT2D eigenvalue weighted by Gasteiger charge is 2.46. The molecule has 0 aliphatic heterocycles. The van der Waals surface area contributed by atoms with Gasteiger partial charge in [-0.1, -0.05) is 13.8 Å². The normalized spacial score (nSPS) is 20.8. The maximum atomic E-state index is 4.24. The van der Waals surface area contributed by atoms with Crippen LogP contribution in [0.3, 0.4) is 0 Å².